The number of carbonyl (C=O) groups is 2. The first kappa shape index (κ1) is 18.5. The molecule has 1 aromatic carbocycles. The highest BCUT2D eigenvalue weighted by molar-refractivity contribution is 7.91. The molecule has 4 N–H and O–H groups in total. The lowest BCUT2D eigenvalue weighted by Crippen LogP contribution is -2.48. The van der Waals surface area contributed by atoms with Gasteiger partial charge >= 0.3 is 6.03 Å². The van der Waals surface area contributed by atoms with Gasteiger partial charge in [-0.05, 0) is 31.0 Å². The van der Waals surface area contributed by atoms with Gasteiger partial charge in [0.05, 0.1) is 29.5 Å². The van der Waals surface area contributed by atoms with E-state index in [1.807, 2.05) is 0 Å². The quantitative estimate of drug-likeness (QED) is 0.716. The second-order valence-corrected chi connectivity index (χ2v) is 8.89. The normalized spacial score (nSPS) is 23.4. The predicted octanol–water partition coefficient (Wildman–Crippen LogP) is 1.13. The lowest BCUT2D eigenvalue weighted by Gasteiger charge is -2.26. The van der Waals surface area contributed by atoms with Crippen LogP contribution >= 0.6 is 11.6 Å². The number of halogens is 1. The smallest absolute Gasteiger partial charge is 0.312 e. The van der Waals surface area contributed by atoms with E-state index in [2.05, 4.69) is 10.6 Å². The van der Waals surface area contributed by atoms with Gasteiger partial charge in [-0.2, -0.15) is 0 Å². The Labute approximate surface area is 145 Å². The summed E-state index contributed by atoms with van der Waals surface area (Å²) in [5.41, 5.74) is 5.07. The van der Waals surface area contributed by atoms with Crippen LogP contribution in [0.1, 0.15) is 31.4 Å². The van der Waals surface area contributed by atoms with Crippen molar-refractivity contribution in [1.29, 1.82) is 0 Å². The molecule has 1 aromatic rings. The van der Waals surface area contributed by atoms with E-state index in [0.717, 1.165) is 0 Å². The minimum absolute atomic E-state index is 0.0553. The Morgan fingerprint density at radius 1 is 1.33 bits per heavy atom. The Morgan fingerprint density at radius 3 is 2.46 bits per heavy atom. The van der Waals surface area contributed by atoms with Crippen LogP contribution in [-0.2, 0) is 14.6 Å². The monoisotopic (exact) mass is 373 g/mol. The molecule has 2 atom stereocenters. The van der Waals surface area contributed by atoms with E-state index in [-0.39, 0.29) is 23.8 Å². The van der Waals surface area contributed by atoms with E-state index in [1.54, 1.807) is 31.2 Å². The van der Waals surface area contributed by atoms with Crippen molar-refractivity contribution in [3.05, 3.63) is 34.9 Å². The number of carbonyl (C=O) groups excluding carboxylic acids is 2. The van der Waals surface area contributed by atoms with Crippen LogP contribution in [-0.4, -0.2) is 37.4 Å². The van der Waals surface area contributed by atoms with E-state index in [1.165, 1.54) is 0 Å². The van der Waals surface area contributed by atoms with Gasteiger partial charge in [0, 0.05) is 5.02 Å². The van der Waals surface area contributed by atoms with Crippen LogP contribution in [0.5, 0.6) is 0 Å². The van der Waals surface area contributed by atoms with Crippen LogP contribution < -0.4 is 16.4 Å². The molecule has 132 valence electrons. The maximum absolute atomic E-state index is 12.3. The van der Waals surface area contributed by atoms with Gasteiger partial charge in [-0.15, -0.1) is 0 Å². The van der Waals surface area contributed by atoms with Crippen molar-refractivity contribution in [1.82, 2.24) is 10.6 Å². The average Bonchev–Trinajstić information content (AvgIpc) is 2.71. The largest absolute Gasteiger partial charge is 0.352 e. The Balaban J connectivity index is 2.07. The van der Waals surface area contributed by atoms with Crippen LogP contribution in [0, 0.1) is 0 Å². The summed E-state index contributed by atoms with van der Waals surface area (Å²) in [4.78, 5) is 23.5. The van der Waals surface area contributed by atoms with Gasteiger partial charge in [-0.25, -0.2) is 13.2 Å². The van der Waals surface area contributed by atoms with Crippen LogP contribution in [0.4, 0.5) is 4.79 Å². The third kappa shape index (κ3) is 5.10. The van der Waals surface area contributed by atoms with Gasteiger partial charge in [0.2, 0.25) is 5.91 Å². The standard InChI is InChI=1S/C15H20ClN3O4S/c1-15(6-7-24(22,23)9-15)19-13(20)8-12(18-14(17)21)10-2-4-11(16)5-3-10/h2-5,12H,6-9H2,1H3,(H,19,20)(H3,17,18,21)/t12-,15+/m1/s1. The lowest BCUT2D eigenvalue weighted by atomic mass is 9.99. The van der Waals surface area contributed by atoms with Gasteiger partial charge in [0.15, 0.2) is 9.84 Å². The zero-order chi connectivity index (χ0) is 18.0. The molecular weight excluding hydrogens is 354 g/mol. The van der Waals surface area contributed by atoms with Gasteiger partial charge in [-0.3, -0.25) is 4.79 Å². The number of primary amides is 1. The molecule has 3 amide bonds. The van der Waals surface area contributed by atoms with E-state index in [4.69, 9.17) is 17.3 Å². The van der Waals surface area contributed by atoms with E-state index >= 15 is 0 Å². The summed E-state index contributed by atoms with van der Waals surface area (Å²) in [6, 6.07) is 5.30. The Hall–Kier alpha value is -1.80. The van der Waals surface area contributed by atoms with Crippen molar-refractivity contribution >= 4 is 33.4 Å². The molecule has 24 heavy (non-hydrogen) atoms. The second-order valence-electron chi connectivity index (χ2n) is 6.27. The van der Waals surface area contributed by atoms with Crippen LogP contribution in [0.25, 0.3) is 0 Å². The first-order valence-corrected chi connectivity index (χ1v) is 9.61. The first-order chi connectivity index (χ1) is 11.1. The number of amides is 3. The minimum atomic E-state index is -3.12. The third-order valence-electron chi connectivity index (χ3n) is 3.92. The molecule has 1 aliphatic heterocycles. The molecule has 0 bridgehead atoms. The van der Waals surface area contributed by atoms with E-state index in [9.17, 15) is 18.0 Å². The highest BCUT2D eigenvalue weighted by Gasteiger charge is 2.39. The third-order valence-corrected chi connectivity index (χ3v) is 6.08. The van der Waals surface area contributed by atoms with E-state index < -0.39 is 27.4 Å². The van der Waals surface area contributed by atoms with Gasteiger partial charge in [0.1, 0.15) is 0 Å². The fraction of sp³-hybridized carbons (Fsp3) is 0.467. The fourth-order valence-corrected chi connectivity index (χ4v) is 5.02. The number of nitrogens with one attached hydrogen (secondary N) is 2. The van der Waals surface area contributed by atoms with Crippen LogP contribution in [0.2, 0.25) is 5.02 Å². The topological polar surface area (TPSA) is 118 Å². The summed E-state index contributed by atoms with van der Waals surface area (Å²) >= 11 is 5.84. The Kier molecular flexibility index (Phi) is 5.39. The number of nitrogens with two attached hydrogens (primary N) is 1. The minimum Gasteiger partial charge on any atom is -0.352 e. The number of hydrogen-bond acceptors (Lipinski definition) is 4. The van der Waals surface area contributed by atoms with E-state index in [0.29, 0.717) is 17.0 Å². The predicted molar refractivity (Wildman–Crippen MR) is 91.3 cm³/mol. The van der Waals surface area contributed by atoms with Crippen molar-refractivity contribution in [2.24, 2.45) is 5.73 Å². The van der Waals surface area contributed by atoms with Crippen molar-refractivity contribution in [2.45, 2.75) is 31.3 Å². The molecule has 0 unspecified atom stereocenters. The second kappa shape index (κ2) is 6.98. The van der Waals surface area contributed by atoms with Crippen LogP contribution in [0.3, 0.4) is 0 Å². The average molecular weight is 374 g/mol. The molecule has 0 aliphatic carbocycles. The van der Waals surface area contributed by atoms with Gasteiger partial charge in [0.25, 0.3) is 0 Å². The summed E-state index contributed by atoms with van der Waals surface area (Å²) in [6.07, 6.45) is 0.316. The molecule has 0 radical (unpaired) electrons. The highest BCUT2D eigenvalue weighted by Crippen LogP contribution is 2.24. The summed E-state index contributed by atoms with van der Waals surface area (Å²) in [5, 5.41) is 5.81. The molecule has 0 spiro atoms. The number of sulfone groups is 1. The summed E-state index contributed by atoms with van der Waals surface area (Å²) < 4.78 is 23.2. The Bertz CT molecular complexity index is 736. The molecule has 7 nitrogen and oxygen atoms in total. The first-order valence-electron chi connectivity index (χ1n) is 7.41. The number of hydrogen-bond donors (Lipinski definition) is 3. The van der Waals surface area contributed by atoms with Gasteiger partial charge in [-0.1, -0.05) is 23.7 Å². The number of benzene rings is 1. The lowest BCUT2D eigenvalue weighted by molar-refractivity contribution is -0.123. The number of urea groups is 1. The molecule has 0 saturated carbocycles. The molecule has 1 heterocycles. The molecule has 1 fully saturated rings. The fourth-order valence-electron chi connectivity index (χ4n) is 2.80. The molecular formula is C15H20ClN3O4S. The van der Waals surface area contributed by atoms with Crippen molar-refractivity contribution < 1.29 is 18.0 Å². The zero-order valence-electron chi connectivity index (χ0n) is 13.2. The maximum atomic E-state index is 12.3. The molecule has 9 heteroatoms. The molecule has 2 rings (SSSR count). The van der Waals surface area contributed by atoms with Crippen LogP contribution in [0.15, 0.2) is 24.3 Å². The summed E-state index contributed by atoms with van der Waals surface area (Å²) in [6.45, 7) is 1.70. The Morgan fingerprint density at radius 2 is 1.96 bits per heavy atom. The summed E-state index contributed by atoms with van der Waals surface area (Å²) in [7, 11) is -3.12. The maximum Gasteiger partial charge on any atom is 0.312 e. The van der Waals surface area contributed by atoms with Crippen molar-refractivity contribution in [2.75, 3.05) is 11.5 Å². The number of rotatable bonds is 5. The zero-order valence-corrected chi connectivity index (χ0v) is 14.8. The van der Waals surface area contributed by atoms with Crippen molar-refractivity contribution in [3.63, 3.8) is 0 Å². The molecule has 1 saturated heterocycles. The SMILES string of the molecule is C[C@]1(NC(=O)C[C@@H](NC(N)=O)c2ccc(Cl)cc2)CCS(=O)(=O)C1. The molecule has 0 aromatic heterocycles. The molecule has 1 aliphatic rings. The van der Waals surface area contributed by atoms with Crippen molar-refractivity contribution in [3.8, 4) is 0 Å². The van der Waals surface area contributed by atoms with Gasteiger partial charge < -0.3 is 16.4 Å². The summed E-state index contributed by atoms with van der Waals surface area (Å²) in [5.74, 6) is -0.381. The highest BCUT2D eigenvalue weighted by atomic mass is 35.5.